The Hall–Kier alpha value is -3.73. The van der Waals surface area contributed by atoms with E-state index < -0.39 is 0 Å². The number of fused-ring (bicyclic) bond motifs is 1. The van der Waals surface area contributed by atoms with Gasteiger partial charge in [0.05, 0.1) is 12.1 Å². The van der Waals surface area contributed by atoms with Gasteiger partial charge < -0.3 is 0 Å². The summed E-state index contributed by atoms with van der Waals surface area (Å²) in [5.41, 5.74) is 4.11. The van der Waals surface area contributed by atoms with Crippen LogP contribution in [0, 0.1) is 6.92 Å². The predicted molar refractivity (Wildman–Crippen MR) is 116 cm³/mol. The first kappa shape index (κ1) is 18.3. The fourth-order valence-electron chi connectivity index (χ4n) is 4.17. The van der Waals surface area contributed by atoms with Gasteiger partial charge in [-0.1, -0.05) is 78.4 Å². The molecular weight excluding hydrogens is 372 g/mol. The Morgan fingerprint density at radius 3 is 2.17 bits per heavy atom. The topological polar surface area (TPSA) is 51.0 Å². The van der Waals surface area contributed by atoms with Crippen LogP contribution in [-0.4, -0.2) is 20.7 Å². The van der Waals surface area contributed by atoms with Crippen molar-refractivity contribution < 1.29 is 4.79 Å². The van der Waals surface area contributed by atoms with Gasteiger partial charge in [0.25, 0.3) is 5.91 Å². The highest BCUT2D eigenvalue weighted by atomic mass is 16.2. The molecule has 1 aliphatic rings. The van der Waals surface area contributed by atoms with Crippen molar-refractivity contribution in [2.75, 3.05) is 4.90 Å². The van der Waals surface area contributed by atoms with Gasteiger partial charge in [0, 0.05) is 5.56 Å². The standard InChI is InChI=1S/C25H22N4O/c1-18-12-14-20(15-13-18)23-16-22(19-8-4-2-5-9-19)28(25-26-17-27-29(23)25)24(30)21-10-6-3-7-11-21/h2-15,17,22-23H,16H2,1H3. The lowest BCUT2D eigenvalue weighted by atomic mass is 9.91. The molecule has 0 radical (unpaired) electrons. The molecule has 2 heterocycles. The summed E-state index contributed by atoms with van der Waals surface area (Å²) in [6.45, 7) is 2.08. The van der Waals surface area contributed by atoms with Crippen LogP contribution >= 0.6 is 0 Å². The Morgan fingerprint density at radius 2 is 1.47 bits per heavy atom. The van der Waals surface area contributed by atoms with Crippen molar-refractivity contribution in [3.8, 4) is 0 Å². The summed E-state index contributed by atoms with van der Waals surface area (Å²) in [4.78, 5) is 19.9. The van der Waals surface area contributed by atoms with Gasteiger partial charge in [-0.3, -0.25) is 9.69 Å². The molecule has 0 saturated heterocycles. The van der Waals surface area contributed by atoms with E-state index in [9.17, 15) is 4.79 Å². The van der Waals surface area contributed by atoms with E-state index in [-0.39, 0.29) is 18.0 Å². The molecule has 2 atom stereocenters. The molecule has 0 spiro atoms. The highest BCUT2D eigenvalue weighted by Gasteiger charge is 2.39. The lowest BCUT2D eigenvalue weighted by Gasteiger charge is -2.39. The van der Waals surface area contributed by atoms with E-state index >= 15 is 0 Å². The lowest BCUT2D eigenvalue weighted by Crippen LogP contribution is -2.42. The molecule has 30 heavy (non-hydrogen) atoms. The highest BCUT2D eigenvalue weighted by Crippen LogP contribution is 2.42. The summed E-state index contributed by atoms with van der Waals surface area (Å²) in [5.74, 6) is 0.510. The smallest absolute Gasteiger partial charge is 0.261 e. The first-order valence-electron chi connectivity index (χ1n) is 10.1. The maximum Gasteiger partial charge on any atom is 0.261 e. The van der Waals surface area contributed by atoms with Crippen LogP contribution in [0.3, 0.4) is 0 Å². The van der Waals surface area contributed by atoms with Crippen LogP contribution in [0.25, 0.3) is 0 Å². The molecule has 1 aromatic heterocycles. The number of carbonyl (C=O) groups is 1. The van der Waals surface area contributed by atoms with Gasteiger partial charge in [-0.05, 0) is 36.6 Å². The number of aromatic nitrogens is 3. The van der Waals surface area contributed by atoms with Gasteiger partial charge >= 0.3 is 0 Å². The van der Waals surface area contributed by atoms with Gasteiger partial charge in [-0.2, -0.15) is 10.1 Å². The largest absolute Gasteiger partial charge is 0.269 e. The van der Waals surface area contributed by atoms with Gasteiger partial charge in [-0.15, -0.1) is 0 Å². The molecule has 5 nitrogen and oxygen atoms in total. The number of aryl methyl sites for hydroxylation is 1. The van der Waals surface area contributed by atoms with Crippen molar-refractivity contribution in [3.63, 3.8) is 0 Å². The minimum atomic E-state index is -0.137. The number of hydrogen-bond donors (Lipinski definition) is 0. The van der Waals surface area contributed by atoms with Crippen LogP contribution in [0.5, 0.6) is 0 Å². The molecule has 1 amide bonds. The van der Waals surface area contributed by atoms with Crippen molar-refractivity contribution in [2.45, 2.75) is 25.4 Å². The van der Waals surface area contributed by atoms with E-state index in [4.69, 9.17) is 0 Å². The SMILES string of the molecule is Cc1ccc(C2CC(c3ccccc3)N(C(=O)c3ccccc3)c3ncnn32)cc1. The second-order valence-corrected chi connectivity index (χ2v) is 7.63. The van der Waals surface area contributed by atoms with Gasteiger partial charge in [0.1, 0.15) is 6.33 Å². The quantitative estimate of drug-likeness (QED) is 0.493. The van der Waals surface area contributed by atoms with E-state index in [1.807, 2.05) is 53.2 Å². The van der Waals surface area contributed by atoms with Crippen LogP contribution in [0.4, 0.5) is 5.95 Å². The molecular formula is C25H22N4O. The molecule has 0 saturated carbocycles. The van der Waals surface area contributed by atoms with Crippen LogP contribution < -0.4 is 4.90 Å². The van der Waals surface area contributed by atoms with E-state index in [1.165, 1.54) is 17.5 Å². The maximum atomic E-state index is 13.6. The molecule has 148 valence electrons. The normalized spacial score (nSPS) is 18.1. The third-order valence-electron chi connectivity index (χ3n) is 5.71. The Morgan fingerprint density at radius 1 is 0.833 bits per heavy atom. The molecule has 3 aromatic carbocycles. The van der Waals surface area contributed by atoms with Crippen molar-refractivity contribution in [1.82, 2.24) is 14.8 Å². The molecule has 5 heteroatoms. The first-order chi connectivity index (χ1) is 14.7. The molecule has 0 bridgehead atoms. The summed E-state index contributed by atoms with van der Waals surface area (Å²) in [6, 6.07) is 27.9. The van der Waals surface area contributed by atoms with Crippen LogP contribution in [0.2, 0.25) is 0 Å². The molecule has 4 aromatic rings. The Balaban J connectivity index is 1.64. The fraction of sp³-hybridized carbons (Fsp3) is 0.160. The van der Waals surface area contributed by atoms with Gasteiger partial charge in [-0.25, -0.2) is 4.68 Å². The summed E-state index contributed by atoms with van der Waals surface area (Å²) in [6.07, 6.45) is 2.26. The molecule has 5 rings (SSSR count). The number of rotatable bonds is 3. The molecule has 0 fully saturated rings. The van der Waals surface area contributed by atoms with Crippen LogP contribution in [-0.2, 0) is 0 Å². The summed E-state index contributed by atoms with van der Waals surface area (Å²) in [7, 11) is 0. The predicted octanol–water partition coefficient (Wildman–Crippen LogP) is 4.97. The summed E-state index contributed by atoms with van der Waals surface area (Å²) in [5, 5.41) is 4.50. The highest BCUT2D eigenvalue weighted by molar-refractivity contribution is 6.05. The van der Waals surface area contributed by atoms with E-state index in [0.29, 0.717) is 11.5 Å². The van der Waals surface area contributed by atoms with Crippen molar-refractivity contribution in [2.24, 2.45) is 0 Å². The fourth-order valence-corrected chi connectivity index (χ4v) is 4.17. The second kappa shape index (κ2) is 7.59. The second-order valence-electron chi connectivity index (χ2n) is 7.63. The number of carbonyl (C=O) groups excluding carboxylic acids is 1. The Kier molecular flexibility index (Phi) is 4.64. The minimum Gasteiger partial charge on any atom is -0.269 e. The number of nitrogens with zero attached hydrogens (tertiary/aromatic N) is 4. The number of amides is 1. The first-order valence-corrected chi connectivity index (χ1v) is 10.1. The van der Waals surface area contributed by atoms with Gasteiger partial charge in [0.15, 0.2) is 0 Å². The number of hydrogen-bond acceptors (Lipinski definition) is 3. The third-order valence-corrected chi connectivity index (χ3v) is 5.71. The average molecular weight is 394 g/mol. The number of benzene rings is 3. The molecule has 0 N–H and O–H groups in total. The third kappa shape index (κ3) is 3.18. The van der Waals surface area contributed by atoms with E-state index in [1.54, 1.807) is 4.90 Å². The van der Waals surface area contributed by atoms with Crippen LogP contribution in [0.1, 0.15) is 45.6 Å². The molecule has 0 aliphatic carbocycles. The average Bonchev–Trinajstić information content (AvgIpc) is 3.29. The lowest BCUT2D eigenvalue weighted by molar-refractivity contribution is 0.0963. The minimum absolute atomic E-state index is 0.00753. The maximum absolute atomic E-state index is 13.6. The zero-order valence-electron chi connectivity index (χ0n) is 16.7. The van der Waals surface area contributed by atoms with E-state index in [0.717, 1.165) is 12.0 Å². The Labute approximate surface area is 175 Å². The monoisotopic (exact) mass is 394 g/mol. The van der Waals surface area contributed by atoms with Crippen molar-refractivity contribution in [1.29, 1.82) is 0 Å². The van der Waals surface area contributed by atoms with Crippen molar-refractivity contribution in [3.05, 3.63) is 114 Å². The van der Waals surface area contributed by atoms with Gasteiger partial charge in [0.2, 0.25) is 5.95 Å². The number of anilines is 1. The van der Waals surface area contributed by atoms with Crippen LogP contribution in [0.15, 0.2) is 91.3 Å². The Bertz CT molecular complexity index is 1150. The summed E-state index contributed by atoms with van der Waals surface area (Å²) < 4.78 is 1.88. The van der Waals surface area contributed by atoms with E-state index in [2.05, 4.69) is 53.4 Å². The molecule has 2 unspecified atom stereocenters. The molecule has 1 aliphatic heterocycles. The zero-order chi connectivity index (χ0) is 20.5. The van der Waals surface area contributed by atoms with Crippen molar-refractivity contribution >= 4 is 11.9 Å². The zero-order valence-corrected chi connectivity index (χ0v) is 16.7. The summed E-state index contributed by atoms with van der Waals surface area (Å²) >= 11 is 0.